The molecule has 0 fully saturated rings. The predicted molar refractivity (Wildman–Crippen MR) is 79.7 cm³/mol. The van der Waals surface area contributed by atoms with Crippen molar-refractivity contribution in [2.24, 2.45) is 0 Å². The van der Waals surface area contributed by atoms with Gasteiger partial charge in [0.05, 0.1) is 6.54 Å². The third kappa shape index (κ3) is 4.66. The largest absolute Gasteiger partial charge is 0.629 e. The topological polar surface area (TPSA) is 89.2 Å². The van der Waals surface area contributed by atoms with Crippen molar-refractivity contribution in [3.05, 3.63) is 29.0 Å². The molecule has 2 rings (SSSR count). The Morgan fingerprint density at radius 2 is 2.29 bits per heavy atom. The first-order valence-electron chi connectivity index (χ1n) is 7.41. The van der Waals surface area contributed by atoms with Gasteiger partial charge in [0.2, 0.25) is 0 Å². The Labute approximate surface area is 124 Å². The van der Waals surface area contributed by atoms with Crippen LogP contribution < -0.4 is 15.1 Å². The van der Waals surface area contributed by atoms with E-state index < -0.39 is 6.10 Å². The number of aliphatic hydroxyl groups is 2. The molecule has 0 spiro atoms. The number of benzene rings is 1. The van der Waals surface area contributed by atoms with Crippen molar-refractivity contribution in [3.8, 4) is 5.75 Å². The molecule has 0 aromatic heterocycles. The van der Waals surface area contributed by atoms with Crippen LogP contribution in [-0.2, 0) is 6.42 Å². The van der Waals surface area contributed by atoms with Gasteiger partial charge in [-0.3, -0.25) is 0 Å². The lowest BCUT2D eigenvalue weighted by atomic mass is 10.1. The summed E-state index contributed by atoms with van der Waals surface area (Å²) in [6.07, 6.45) is 0.821. The molecule has 118 valence electrons. The molecule has 0 bridgehead atoms. The maximum atomic E-state index is 11.5. The SMILES string of the molecule is CC(CCO)NCC(O)COc1ccc2c(c1)CC[NH+]2[O-]. The number of ether oxygens (including phenoxy) is 1. The fraction of sp³-hybridized carbons (Fsp3) is 0.600. The molecule has 1 aliphatic rings. The van der Waals surface area contributed by atoms with Crippen molar-refractivity contribution in [2.45, 2.75) is 31.9 Å². The number of fused-ring (bicyclic) bond motifs is 1. The molecule has 0 amide bonds. The van der Waals surface area contributed by atoms with E-state index in [1.54, 1.807) is 12.1 Å². The van der Waals surface area contributed by atoms with Crippen LogP contribution in [0.1, 0.15) is 18.9 Å². The minimum Gasteiger partial charge on any atom is -0.629 e. The second kappa shape index (κ2) is 7.72. The third-order valence-corrected chi connectivity index (χ3v) is 3.70. The first-order valence-corrected chi connectivity index (χ1v) is 7.41. The van der Waals surface area contributed by atoms with Crippen molar-refractivity contribution >= 4 is 5.69 Å². The average molecular weight is 296 g/mol. The zero-order valence-electron chi connectivity index (χ0n) is 12.3. The van der Waals surface area contributed by atoms with Gasteiger partial charge in [0, 0.05) is 37.2 Å². The highest BCUT2D eigenvalue weighted by atomic mass is 16.5. The normalized spacial score (nSPS) is 20.1. The number of nitrogens with one attached hydrogen (secondary N) is 2. The Hall–Kier alpha value is -1.18. The second-order valence-corrected chi connectivity index (χ2v) is 5.53. The van der Waals surface area contributed by atoms with Crippen LogP contribution in [0.5, 0.6) is 5.75 Å². The number of rotatable bonds is 8. The second-order valence-electron chi connectivity index (χ2n) is 5.53. The summed E-state index contributed by atoms with van der Waals surface area (Å²) in [5.41, 5.74) is 1.82. The molecule has 6 heteroatoms. The lowest BCUT2D eigenvalue weighted by molar-refractivity contribution is -0.768. The van der Waals surface area contributed by atoms with Crippen LogP contribution in [0.4, 0.5) is 5.69 Å². The summed E-state index contributed by atoms with van der Waals surface area (Å²) in [4.78, 5) is 0. The van der Waals surface area contributed by atoms with E-state index in [9.17, 15) is 10.3 Å². The Morgan fingerprint density at radius 1 is 1.48 bits per heavy atom. The first-order chi connectivity index (χ1) is 10.1. The lowest BCUT2D eigenvalue weighted by Gasteiger charge is -2.18. The molecule has 6 nitrogen and oxygen atoms in total. The van der Waals surface area contributed by atoms with Crippen LogP contribution in [0.2, 0.25) is 0 Å². The maximum Gasteiger partial charge on any atom is 0.134 e. The maximum absolute atomic E-state index is 11.5. The van der Waals surface area contributed by atoms with E-state index in [0.29, 0.717) is 25.3 Å². The average Bonchev–Trinajstić information content (AvgIpc) is 2.84. The van der Waals surface area contributed by atoms with E-state index in [1.807, 2.05) is 13.0 Å². The standard InChI is InChI=1S/C15H24N2O4/c1-11(5-7-18)16-9-13(19)10-21-14-2-3-15-12(8-14)4-6-17(15)20/h2-3,8,11,13,16-19H,4-7,9-10H2,1H3. The summed E-state index contributed by atoms with van der Waals surface area (Å²) >= 11 is 0. The summed E-state index contributed by atoms with van der Waals surface area (Å²) in [7, 11) is 0. The van der Waals surface area contributed by atoms with Gasteiger partial charge >= 0.3 is 0 Å². The van der Waals surface area contributed by atoms with Gasteiger partial charge < -0.3 is 30.5 Å². The molecule has 1 aromatic carbocycles. The summed E-state index contributed by atoms with van der Waals surface area (Å²) in [6, 6.07) is 5.62. The predicted octanol–water partition coefficient (Wildman–Crippen LogP) is -0.643. The lowest BCUT2D eigenvalue weighted by Crippen LogP contribution is -3.00. The van der Waals surface area contributed by atoms with Gasteiger partial charge in [-0.25, -0.2) is 0 Å². The molecule has 1 aliphatic heterocycles. The fourth-order valence-corrected chi connectivity index (χ4v) is 2.41. The quantitative estimate of drug-likeness (QED) is 0.479. The van der Waals surface area contributed by atoms with Gasteiger partial charge in [0.25, 0.3) is 0 Å². The monoisotopic (exact) mass is 296 g/mol. The summed E-state index contributed by atoms with van der Waals surface area (Å²) < 4.78 is 5.57. The number of hydrogen-bond donors (Lipinski definition) is 4. The number of aliphatic hydroxyl groups excluding tert-OH is 2. The van der Waals surface area contributed by atoms with Gasteiger partial charge in [0.1, 0.15) is 24.1 Å². The summed E-state index contributed by atoms with van der Waals surface area (Å²) in [6.45, 7) is 3.29. The highest BCUT2D eigenvalue weighted by Gasteiger charge is 2.19. The van der Waals surface area contributed by atoms with Crippen LogP contribution in [0, 0.1) is 5.21 Å². The first kappa shape index (κ1) is 16.2. The smallest absolute Gasteiger partial charge is 0.134 e. The van der Waals surface area contributed by atoms with Crippen LogP contribution in [-0.4, -0.2) is 48.7 Å². The summed E-state index contributed by atoms with van der Waals surface area (Å²) in [5.74, 6) is 0.686. The molecule has 1 heterocycles. The molecular weight excluding hydrogens is 272 g/mol. The fourth-order valence-electron chi connectivity index (χ4n) is 2.41. The van der Waals surface area contributed by atoms with Gasteiger partial charge in [-0.2, -0.15) is 0 Å². The van der Waals surface area contributed by atoms with E-state index in [2.05, 4.69) is 5.32 Å². The van der Waals surface area contributed by atoms with E-state index in [4.69, 9.17) is 9.84 Å². The Kier molecular flexibility index (Phi) is 5.96. The van der Waals surface area contributed by atoms with Crippen molar-refractivity contribution in [1.29, 1.82) is 0 Å². The van der Waals surface area contributed by atoms with Crippen LogP contribution >= 0.6 is 0 Å². The molecule has 21 heavy (non-hydrogen) atoms. The Bertz CT molecular complexity index is 455. The van der Waals surface area contributed by atoms with E-state index in [-0.39, 0.29) is 24.3 Å². The Balaban J connectivity index is 1.75. The molecule has 0 saturated carbocycles. The molecule has 1 aromatic rings. The third-order valence-electron chi connectivity index (χ3n) is 3.70. The van der Waals surface area contributed by atoms with Crippen LogP contribution in [0.15, 0.2) is 18.2 Å². The van der Waals surface area contributed by atoms with Gasteiger partial charge in [-0.05, 0) is 25.5 Å². The van der Waals surface area contributed by atoms with Crippen molar-refractivity contribution in [2.75, 3.05) is 26.3 Å². The van der Waals surface area contributed by atoms with Crippen molar-refractivity contribution in [1.82, 2.24) is 5.32 Å². The molecule has 3 atom stereocenters. The van der Waals surface area contributed by atoms with Gasteiger partial charge in [0.15, 0.2) is 0 Å². The molecule has 0 radical (unpaired) electrons. The zero-order valence-corrected chi connectivity index (χ0v) is 12.3. The molecule has 0 aliphatic carbocycles. The number of hydrogen-bond acceptors (Lipinski definition) is 5. The minimum absolute atomic E-state index is 0.134. The molecule has 3 unspecified atom stereocenters. The number of quaternary nitrogens is 1. The Morgan fingerprint density at radius 3 is 3.05 bits per heavy atom. The van der Waals surface area contributed by atoms with E-state index in [0.717, 1.165) is 17.7 Å². The zero-order chi connectivity index (χ0) is 15.2. The van der Waals surface area contributed by atoms with Gasteiger partial charge in [-0.1, -0.05) is 0 Å². The van der Waals surface area contributed by atoms with Crippen molar-refractivity contribution in [3.63, 3.8) is 0 Å². The number of hydroxylamine groups is 1. The summed E-state index contributed by atoms with van der Waals surface area (Å²) in [5, 5.41) is 33.5. The highest BCUT2D eigenvalue weighted by molar-refractivity contribution is 5.46. The van der Waals surface area contributed by atoms with E-state index >= 15 is 0 Å². The minimum atomic E-state index is -0.610. The van der Waals surface area contributed by atoms with Gasteiger partial charge in [-0.15, -0.1) is 0 Å². The molecular formula is C15H24N2O4. The highest BCUT2D eigenvalue weighted by Crippen LogP contribution is 2.22. The van der Waals surface area contributed by atoms with Crippen LogP contribution in [0.25, 0.3) is 0 Å². The van der Waals surface area contributed by atoms with Crippen LogP contribution in [0.3, 0.4) is 0 Å². The van der Waals surface area contributed by atoms with Crippen molar-refractivity contribution < 1.29 is 20.0 Å². The van der Waals surface area contributed by atoms with E-state index in [1.165, 1.54) is 0 Å². The molecule has 4 N–H and O–H groups in total. The molecule has 0 saturated heterocycles.